The maximum Gasteiger partial charge on any atom is 0.128 e. The van der Waals surface area contributed by atoms with Crippen LogP contribution in [0.15, 0.2) is 29.3 Å². The molecule has 0 aliphatic heterocycles. The van der Waals surface area contributed by atoms with Crippen LogP contribution in [0.25, 0.3) is 0 Å². The van der Waals surface area contributed by atoms with E-state index in [4.69, 9.17) is 0 Å². The minimum Gasteiger partial charge on any atom is -0.370 e. The Balaban J connectivity index is 2.99. The second kappa shape index (κ2) is 5.43. The zero-order valence-corrected chi connectivity index (χ0v) is 9.17. The van der Waals surface area contributed by atoms with Gasteiger partial charge < -0.3 is 5.32 Å². The van der Waals surface area contributed by atoms with E-state index in [1.807, 2.05) is 12.1 Å². The van der Waals surface area contributed by atoms with Gasteiger partial charge in [-0.25, -0.2) is 0 Å². The molecule has 1 N–H and O–H groups in total. The highest BCUT2D eigenvalue weighted by Gasteiger charge is 2.03. The molecule has 0 heterocycles. The quantitative estimate of drug-likeness (QED) is 0.574. The second-order valence-corrected chi connectivity index (χ2v) is 3.17. The third kappa shape index (κ3) is 2.59. The number of nitrogens with zero attached hydrogens (tertiary/aromatic N) is 1. The first-order chi connectivity index (χ1) is 6.79. The minimum absolute atomic E-state index is 0.816. The van der Waals surface area contributed by atoms with Gasteiger partial charge in [0.05, 0.1) is 0 Å². The molecule has 0 radical (unpaired) electrons. The zero-order valence-electron chi connectivity index (χ0n) is 9.17. The first-order valence-electron chi connectivity index (χ1n) is 5.13. The van der Waals surface area contributed by atoms with Gasteiger partial charge in [-0.2, -0.15) is 0 Å². The van der Waals surface area contributed by atoms with Gasteiger partial charge >= 0.3 is 0 Å². The van der Waals surface area contributed by atoms with E-state index < -0.39 is 0 Å². The molecule has 1 aromatic rings. The molecule has 1 rings (SSSR count). The molecule has 2 nitrogen and oxygen atoms in total. The predicted molar refractivity (Wildman–Crippen MR) is 61.9 cm³/mol. The smallest absolute Gasteiger partial charge is 0.128 e. The second-order valence-electron chi connectivity index (χ2n) is 3.17. The van der Waals surface area contributed by atoms with Crippen LogP contribution in [0.4, 0.5) is 0 Å². The highest BCUT2D eigenvalue weighted by atomic mass is 15.0. The summed E-state index contributed by atoms with van der Waals surface area (Å²) < 4.78 is 0. The van der Waals surface area contributed by atoms with Crippen LogP contribution in [0.2, 0.25) is 0 Å². The molecule has 0 aliphatic rings. The summed E-state index contributed by atoms with van der Waals surface area (Å²) in [6, 6.07) is 8.31. The van der Waals surface area contributed by atoms with Gasteiger partial charge in [0.15, 0.2) is 0 Å². The molecule has 0 fully saturated rings. The Hall–Kier alpha value is -1.31. The number of benzene rings is 1. The lowest BCUT2D eigenvalue weighted by molar-refractivity contribution is 0.946. The molecule has 14 heavy (non-hydrogen) atoms. The van der Waals surface area contributed by atoms with Gasteiger partial charge in [-0.1, -0.05) is 24.3 Å². The van der Waals surface area contributed by atoms with Gasteiger partial charge in [0, 0.05) is 18.7 Å². The Bertz CT molecular complexity index is 316. The van der Waals surface area contributed by atoms with Crippen LogP contribution in [0.3, 0.4) is 0 Å². The summed E-state index contributed by atoms with van der Waals surface area (Å²) in [6.07, 6.45) is 0. The fraction of sp³-hybridized carbons (Fsp3) is 0.417. The van der Waals surface area contributed by atoms with E-state index in [2.05, 4.69) is 43.2 Å². The lowest BCUT2D eigenvalue weighted by Gasteiger charge is -2.10. The molecule has 2 heteroatoms. The monoisotopic (exact) mass is 190 g/mol. The van der Waals surface area contributed by atoms with Crippen molar-refractivity contribution in [1.82, 2.24) is 5.32 Å². The Morgan fingerprint density at radius 3 is 2.57 bits per heavy atom. The van der Waals surface area contributed by atoms with E-state index in [0.29, 0.717) is 0 Å². The van der Waals surface area contributed by atoms with Gasteiger partial charge in [0.25, 0.3) is 0 Å². The van der Waals surface area contributed by atoms with E-state index in [1.54, 1.807) is 0 Å². The molecule has 0 saturated heterocycles. The summed E-state index contributed by atoms with van der Waals surface area (Å²) in [7, 11) is 0. The zero-order chi connectivity index (χ0) is 10.4. The standard InChI is InChI=1S/C12H18N2/c1-4-13-12(14-5-2)11-9-7-6-8-10(11)3/h6-9H,4-5H2,1-3H3,(H,13,14). The van der Waals surface area contributed by atoms with Gasteiger partial charge in [-0.05, 0) is 26.3 Å². The van der Waals surface area contributed by atoms with E-state index in [-0.39, 0.29) is 0 Å². The van der Waals surface area contributed by atoms with Crippen LogP contribution < -0.4 is 5.32 Å². The summed E-state index contributed by atoms with van der Waals surface area (Å²) in [5.74, 6) is 1.01. The lowest BCUT2D eigenvalue weighted by atomic mass is 10.1. The summed E-state index contributed by atoms with van der Waals surface area (Å²) in [5.41, 5.74) is 2.47. The van der Waals surface area contributed by atoms with Gasteiger partial charge in [-0.3, -0.25) is 4.99 Å². The molecular formula is C12H18N2. The average Bonchev–Trinajstić information content (AvgIpc) is 2.18. The van der Waals surface area contributed by atoms with Crippen LogP contribution in [0, 0.1) is 6.92 Å². The fourth-order valence-corrected chi connectivity index (χ4v) is 1.40. The van der Waals surface area contributed by atoms with Crippen LogP contribution in [-0.4, -0.2) is 18.9 Å². The van der Waals surface area contributed by atoms with Gasteiger partial charge in [0.1, 0.15) is 5.84 Å². The summed E-state index contributed by atoms with van der Waals surface area (Å²) >= 11 is 0. The van der Waals surface area contributed by atoms with E-state index >= 15 is 0 Å². The van der Waals surface area contributed by atoms with Crippen molar-refractivity contribution in [2.45, 2.75) is 20.8 Å². The third-order valence-electron chi connectivity index (χ3n) is 2.06. The van der Waals surface area contributed by atoms with Crippen molar-refractivity contribution in [2.24, 2.45) is 4.99 Å². The molecule has 0 bridgehead atoms. The van der Waals surface area contributed by atoms with E-state index in [9.17, 15) is 0 Å². The minimum atomic E-state index is 0.816. The molecule has 0 spiro atoms. The number of hydrogen-bond donors (Lipinski definition) is 1. The van der Waals surface area contributed by atoms with Gasteiger partial charge in [0.2, 0.25) is 0 Å². The summed E-state index contributed by atoms with van der Waals surface area (Å²) in [6.45, 7) is 7.97. The summed E-state index contributed by atoms with van der Waals surface area (Å²) in [4.78, 5) is 4.45. The van der Waals surface area contributed by atoms with Gasteiger partial charge in [-0.15, -0.1) is 0 Å². The first-order valence-corrected chi connectivity index (χ1v) is 5.13. The van der Waals surface area contributed by atoms with Crippen molar-refractivity contribution in [2.75, 3.05) is 13.1 Å². The lowest BCUT2D eigenvalue weighted by Crippen LogP contribution is -2.25. The molecule has 0 unspecified atom stereocenters. The molecule has 1 aromatic carbocycles. The Labute approximate surface area is 86.1 Å². The number of hydrogen-bond acceptors (Lipinski definition) is 1. The molecular weight excluding hydrogens is 172 g/mol. The largest absolute Gasteiger partial charge is 0.370 e. The predicted octanol–water partition coefficient (Wildman–Crippen LogP) is 2.37. The topological polar surface area (TPSA) is 24.4 Å². The highest BCUT2D eigenvalue weighted by molar-refractivity contribution is 5.99. The number of aliphatic imine (C=N–C) groups is 1. The Morgan fingerprint density at radius 2 is 2.00 bits per heavy atom. The first kappa shape index (κ1) is 10.8. The molecule has 0 saturated carbocycles. The number of rotatable bonds is 3. The van der Waals surface area contributed by atoms with Crippen LogP contribution in [0.5, 0.6) is 0 Å². The fourth-order valence-electron chi connectivity index (χ4n) is 1.40. The van der Waals surface area contributed by atoms with Crippen molar-refractivity contribution in [1.29, 1.82) is 0 Å². The normalized spacial score (nSPS) is 11.5. The maximum atomic E-state index is 4.45. The van der Waals surface area contributed by atoms with Crippen molar-refractivity contribution >= 4 is 5.84 Å². The van der Waals surface area contributed by atoms with Crippen molar-refractivity contribution < 1.29 is 0 Å². The number of amidine groups is 1. The summed E-state index contributed by atoms with van der Waals surface area (Å²) in [5, 5.41) is 3.29. The third-order valence-corrected chi connectivity index (χ3v) is 2.06. The van der Waals surface area contributed by atoms with Crippen molar-refractivity contribution in [3.63, 3.8) is 0 Å². The van der Waals surface area contributed by atoms with E-state index in [1.165, 1.54) is 11.1 Å². The van der Waals surface area contributed by atoms with Crippen molar-refractivity contribution in [3.8, 4) is 0 Å². The SMILES string of the molecule is CCN=C(NCC)c1ccccc1C. The highest BCUT2D eigenvalue weighted by Crippen LogP contribution is 2.07. The molecule has 0 aromatic heterocycles. The van der Waals surface area contributed by atoms with Crippen LogP contribution in [0.1, 0.15) is 25.0 Å². The Kier molecular flexibility index (Phi) is 4.17. The molecule has 0 amide bonds. The average molecular weight is 190 g/mol. The maximum absolute atomic E-state index is 4.45. The van der Waals surface area contributed by atoms with E-state index in [0.717, 1.165) is 18.9 Å². The molecule has 0 atom stereocenters. The number of nitrogens with one attached hydrogen (secondary N) is 1. The Morgan fingerprint density at radius 1 is 1.29 bits per heavy atom. The number of aryl methyl sites for hydroxylation is 1. The van der Waals surface area contributed by atoms with Crippen LogP contribution in [-0.2, 0) is 0 Å². The van der Waals surface area contributed by atoms with Crippen LogP contribution >= 0.6 is 0 Å². The molecule has 76 valence electrons. The molecule has 0 aliphatic carbocycles. The van der Waals surface area contributed by atoms with Crippen molar-refractivity contribution in [3.05, 3.63) is 35.4 Å².